The van der Waals surface area contributed by atoms with E-state index in [0.717, 1.165) is 38.0 Å². The van der Waals surface area contributed by atoms with Crippen LogP contribution in [0.25, 0.3) is 0 Å². The molecule has 3 heteroatoms. The van der Waals surface area contributed by atoms with E-state index in [0.29, 0.717) is 6.61 Å². The average Bonchev–Trinajstić information content (AvgIpc) is 2.34. The van der Waals surface area contributed by atoms with Crippen LogP contribution in [0.3, 0.4) is 0 Å². The fraction of sp³-hybridized carbons (Fsp3) is 0.929. The van der Waals surface area contributed by atoms with Crippen molar-refractivity contribution in [3.8, 4) is 0 Å². The van der Waals surface area contributed by atoms with Crippen molar-refractivity contribution in [3.63, 3.8) is 0 Å². The molecule has 0 unspecified atom stereocenters. The first-order valence-electron chi connectivity index (χ1n) is 6.98. The first-order chi connectivity index (χ1) is 8.26. The first kappa shape index (κ1) is 16.8. The van der Waals surface area contributed by atoms with Gasteiger partial charge >= 0.3 is 5.97 Å². The lowest BCUT2D eigenvalue weighted by atomic mass is 10.0. The number of unbranched alkanes of at least 4 members (excludes halogenated alkanes) is 5. The summed E-state index contributed by atoms with van der Waals surface area (Å²) in [6, 6.07) is 0. The van der Waals surface area contributed by atoms with Crippen molar-refractivity contribution in [3.05, 3.63) is 0 Å². The second-order valence-electron chi connectivity index (χ2n) is 4.49. The zero-order valence-corrected chi connectivity index (χ0v) is 12.1. The van der Waals surface area contributed by atoms with Crippen molar-refractivity contribution in [1.29, 1.82) is 0 Å². The van der Waals surface area contributed by atoms with Crippen LogP contribution in [0, 0.1) is 5.92 Å². The Hall–Kier alpha value is -0.240. The van der Waals surface area contributed by atoms with Crippen molar-refractivity contribution in [2.75, 3.05) is 12.5 Å². The molecule has 0 bridgehead atoms. The van der Waals surface area contributed by atoms with Crippen LogP contribution in [-0.4, -0.2) is 18.5 Å². The van der Waals surface area contributed by atoms with Crippen molar-refractivity contribution in [2.45, 2.75) is 65.2 Å². The lowest BCUT2D eigenvalue weighted by molar-refractivity contribution is -0.148. The maximum atomic E-state index is 11.5. The van der Waals surface area contributed by atoms with E-state index in [1.165, 1.54) is 19.3 Å². The number of esters is 1. The summed E-state index contributed by atoms with van der Waals surface area (Å²) in [4.78, 5) is 11.5. The van der Waals surface area contributed by atoms with Crippen molar-refractivity contribution < 1.29 is 9.53 Å². The van der Waals surface area contributed by atoms with Crippen LogP contribution in [0.15, 0.2) is 0 Å². The summed E-state index contributed by atoms with van der Waals surface area (Å²) in [6.07, 6.45) is 8.71. The fourth-order valence-corrected chi connectivity index (χ4v) is 2.01. The number of carbonyl (C=O) groups excluding carboxylic acids is 1. The van der Waals surface area contributed by atoms with Gasteiger partial charge in [-0.15, -0.1) is 11.6 Å². The van der Waals surface area contributed by atoms with Gasteiger partial charge in [-0.25, -0.2) is 0 Å². The van der Waals surface area contributed by atoms with E-state index in [1.807, 2.05) is 13.8 Å². The number of hydrogen-bond acceptors (Lipinski definition) is 2. The van der Waals surface area contributed by atoms with E-state index >= 15 is 0 Å². The van der Waals surface area contributed by atoms with Gasteiger partial charge in [0.05, 0.1) is 12.5 Å². The molecule has 2 nitrogen and oxygen atoms in total. The second kappa shape index (κ2) is 12.2. The summed E-state index contributed by atoms with van der Waals surface area (Å²) in [7, 11) is 0. The summed E-state index contributed by atoms with van der Waals surface area (Å²) in [5.41, 5.74) is 0. The zero-order chi connectivity index (χ0) is 12.9. The fourth-order valence-electron chi connectivity index (χ4n) is 1.82. The molecule has 0 aromatic rings. The van der Waals surface area contributed by atoms with Crippen LogP contribution in [0.4, 0.5) is 0 Å². The van der Waals surface area contributed by atoms with Crippen LogP contribution in [-0.2, 0) is 9.53 Å². The first-order valence-corrected chi connectivity index (χ1v) is 7.52. The molecule has 0 amide bonds. The molecular formula is C14H27ClO2. The second-order valence-corrected chi connectivity index (χ2v) is 4.87. The number of halogens is 1. The van der Waals surface area contributed by atoms with Gasteiger partial charge in [0.2, 0.25) is 0 Å². The van der Waals surface area contributed by atoms with Gasteiger partial charge in [0.25, 0.3) is 0 Å². The summed E-state index contributed by atoms with van der Waals surface area (Å²) >= 11 is 5.60. The molecule has 0 aliphatic rings. The molecule has 0 radical (unpaired) electrons. The molecule has 0 heterocycles. The molecule has 0 rings (SSSR count). The quantitative estimate of drug-likeness (QED) is 0.310. The van der Waals surface area contributed by atoms with Gasteiger partial charge < -0.3 is 4.74 Å². The Kier molecular flexibility index (Phi) is 12.1. The minimum Gasteiger partial charge on any atom is -0.465 e. The van der Waals surface area contributed by atoms with E-state index < -0.39 is 0 Å². The molecule has 0 aromatic carbocycles. The minimum atomic E-state index is -0.0165. The van der Waals surface area contributed by atoms with Crippen molar-refractivity contribution >= 4 is 17.6 Å². The van der Waals surface area contributed by atoms with Gasteiger partial charge in [-0.2, -0.15) is 0 Å². The summed E-state index contributed by atoms with van der Waals surface area (Å²) in [5, 5.41) is 0. The van der Waals surface area contributed by atoms with Crippen LogP contribution >= 0.6 is 11.6 Å². The summed E-state index contributed by atoms with van der Waals surface area (Å²) < 4.78 is 5.25. The third-order valence-electron chi connectivity index (χ3n) is 3.09. The summed E-state index contributed by atoms with van der Waals surface area (Å²) in [6.45, 7) is 4.66. The Balaban J connectivity index is 3.30. The molecule has 0 N–H and O–H groups in total. The molecule has 0 aliphatic heterocycles. The van der Waals surface area contributed by atoms with Gasteiger partial charge in [0.1, 0.15) is 0 Å². The molecule has 0 atom stereocenters. The molecule has 0 fully saturated rings. The van der Waals surface area contributed by atoms with Gasteiger partial charge in [-0.1, -0.05) is 39.5 Å². The molecule has 0 saturated carbocycles. The molecule has 17 heavy (non-hydrogen) atoms. The minimum absolute atomic E-state index is 0.0165. The number of hydrogen-bond donors (Lipinski definition) is 0. The molecule has 0 aromatic heterocycles. The Morgan fingerprint density at radius 2 is 1.53 bits per heavy atom. The maximum Gasteiger partial charge on any atom is 0.308 e. The highest BCUT2D eigenvalue weighted by molar-refractivity contribution is 6.17. The topological polar surface area (TPSA) is 26.3 Å². The van der Waals surface area contributed by atoms with E-state index in [1.54, 1.807) is 0 Å². The predicted molar refractivity (Wildman–Crippen MR) is 73.5 cm³/mol. The third kappa shape index (κ3) is 9.46. The lowest BCUT2D eigenvalue weighted by Crippen LogP contribution is -2.16. The molecular weight excluding hydrogens is 236 g/mol. The number of rotatable bonds is 11. The highest BCUT2D eigenvalue weighted by Gasteiger charge is 2.14. The van der Waals surface area contributed by atoms with Crippen LogP contribution < -0.4 is 0 Å². The lowest BCUT2D eigenvalue weighted by Gasteiger charge is -2.11. The van der Waals surface area contributed by atoms with E-state index in [-0.39, 0.29) is 11.9 Å². The van der Waals surface area contributed by atoms with Gasteiger partial charge in [0.15, 0.2) is 0 Å². The Bertz CT molecular complexity index is 179. The van der Waals surface area contributed by atoms with E-state index in [2.05, 4.69) is 0 Å². The highest BCUT2D eigenvalue weighted by atomic mass is 35.5. The van der Waals surface area contributed by atoms with Gasteiger partial charge in [0, 0.05) is 5.88 Å². The molecule has 0 saturated heterocycles. The summed E-state index contributed by atoms with van der Waals surface area (Å²) in [5.74, 6) is 0.850. The largest absolute Gasteiger partial charge is 0.465 e. The van der Waals surface area contributed by atoms with E-state index in [4.69, 9.17) is 16.3 Å². The molecule has 102 valence electrons. The number of carbonyl (C=O) groups is 1. The van der Waals surface area contributed by atoms with Crippen LogP contribution in [0.2, 0.25) is 0 Å². The van der Waals surface area contributed by atoms with Crippen molar-refractivity contribution in [1.82, 2.24) is 0 Å². The zero-order valence-electron chi connectivity index (χ0n) is 11.3. The van der Waals surface area contributed by atoms with Gasteiger partial charge in [-0.05, 0) is 25.7 Å². The molecule has 0 spiro atoms. The van der Waals surface area contributed by atoms with E-state index in [9.17, 15) is 4.79 Å². The predicted octanol–water partition coefficient (Wildman–Crippen LogP) is 4.55. The van der Waals surface area contributed by atoms with Gasteiger partial charge in [-0.3, -0.25) is 4.79 Å². The Labute approximate surface area is 111 Å². The standard InChI is InChI=1S/C14H27ClO2/c1-3-13(4-2)14(16)17-12-10-8-6-5-7-9-11-15/h13H,3-12H2,1-2H3. The number of alkyl halides is 1. The van der Waals surface area contributed by atoms with Crippen LogP contribution in [0.5, 0.6) is 0 Å². The molecule has 0 aliphatic carbocycles. The van der Waals surface area contributed by atoms with Crippen molar-refractivity contribution in [2.24, 2.45) is 5.92 Å². The third-order valence-corrected chi connectivity index (χ3v) is 3.36. The van der Waals surface area contributed by atoms with Crippen LogP contribution in [0.1, 0.15) is 65.2 Å². The number of ether oxygens (including phenoxy) is 1. The highest BCUT2D eigenvalue weighted by Crippen LogP contribution is 2.11. The Morgan fingerprint density at radius 3 is 2.06 bits per heavy atom. The normalized spacial score (nSPS) is 10.8. The maximum absolute atomic E-state index is 11.5. The average molecular weight is 263 g/mol. The Morgan fingerprint density at radius 1 is 1.00 bits per heavy atom. The SMILES string of the molecule is CCC(CC)C(=O)OCCCCCCCCCl. The smallest absolute Gasteiger partial charge is 0.308 e. The monoisotopic (exact) mass is 262 g/mol.